The van der Waals surface area contributed by atoms with Crippen LogP contribution in [0.5, 0.6) is 0 Å². The van der Waals surface area contributed by atoms with Gasteiger partial charge in [-0.15, -0.1) is 17.5 Å². The van der Waals surface area contributed by atoms with Gasteiger partial charge in [0.15, 0.2) is 5.82 Å². The summed E-state index contributed by atoms with van der Waals surface area (Å²) in [6.07, 6.45) is 9.27. The summed E-state index contributed by atoms with van der Waals surface area (Å²) in [6.45, 7) is 0.610. The van der Waals surface area contributed by atoms with Gasteiger partial charge in [-0.1, -0.05) is 24.3 Å². The van der Waals surface area contributed by atoms with E-state index in [9.17, 15) is 9.59 Å². The van der Waals surface area contributed by atoms with Gasteiger partial charge in [0, 0.05) is 35.5 Å². The van der Waals surface area contributed by atoms with E-state index in [2.05, 4.69) is 35.9 Å². The van der Waals surface area contributed by atoms with Crippen LogP contribution in [-0.4, -0.2) is 61.0 Å². The highest BCUT2D eigenvalue weighted by atomic mass is 35.5. The van der Waals surface area contributed by atoms with Gasteiger partial charge in [-0.05, 0) is 103 Å². The Morgan fingerprint density at radius 3 is 2.32 bits per heavy atom. The predicted molar refractivity (Wildman–Crippen MR) is 170 cm³/mol. The number of hydrogen-bond acceptors (Lipinski definition) is 10. The number of nitrogens with one attached hydrogen (secondary N) is 2. The summed E-state index contributed by atoms with van der Waals surface area (Å²) < 4.78 is 0. The molecule has 1 atom stereocenters. The lowest BCUT2D eigenvalue weighted by Gasteiger charge is -2.32. The van der Waals surface area contributed by atoms with Crippen molar-refractivity contribution in [3.8, 4) is 22.5 Å². The van der Waals surface area contributed by atoms with Gasteiger partial charge in [0.25, 0.3) is 5.91 Å². The van der Waals surface area contributed by atoms with Crippen molar-refractivity contribution in [1.29, 1.82) is 0 Å². The van der Waals surface area contributed by atoms with Crippen LogP contribution in [0.3, 0.4) is 0 Å². The lowest BCUT2D eigenvalue weighted by molar-refractivity contribution is -0.130. The number of anilines is 2. The minimum atomic E-state index is -0.931. The van der Waals surface area contributed by atoms with Gasteiger partial charge in [-0.25, -0.2) is 20.0 Å². The zero-order chi connectivity index (χ0) is 29.8. The van der Waals surface area contributed by atoms with E-state index in [1.165, 1.54) is 4.90 Å². The number of imide groups is 1. The molecule has 2 aliphatic carbocycles. The van der Waals surface area contributed by atoms with E-state index in [1.54, 1.807) is 36.7 Å². The Morgan fingerprint density at radius 2 is 1.68 bits per heavy atom. The first kappa shape index (κ1) is 31.2. The van der Waals surface area contributed by atoms with E-state index < -0.39 is 11.9 Å². The van der Waals surface area contributed by atoms with Gasteiger partial charge in [-0.3, -0.25) is 9.59 Å². The van der Waals surface area contributed by atoms with Crippen LogP contribution >= 0.6 is 12.4 Å². The van der Waals surface area contributed by atoms with Gasteiger partial charge in [0.2, 0.25) is 11.9 Å². The van der Waals surface area contributed by atoms with E-state index in [0.29, 0.717) is 48.8 Å². The number of halogens is 1. The number of nitrogens with two attached hydrogens (primary N) is 2. The van der Waals surface area contributed by atoms with E-state index >= 15 is 0 Å². The van der Waals surface area contributed by atoms with Crippen molar-refractivity contribution in [2.75, 3.05) is 16.8 Å². The number of carbonyl (C=O) groups is 2. The molecule has 2 aliphatic rings. The molecule has 0 saturated heterocycles. The molecule has 0 radical (unpaired) electrons. The second-order valence-electron chi connectivity index (χ2n) is 11.5. The van der Waals surface area contributed by atoms with E-state index in [0.717, 1.165) is 47.9 Å². The number of carbonyl (C=O) groups excluding carboxylic acids is 2. The molecule has 44 heavy (non-hydrogen) atoms. The zero-order valence-electron chi connectivity index (χ0n) is 24.3. The molecule has 0 unspecified atom stereocenters. The fourth-order valence-corrected chi connectivity index (χ4v) is 5.59. The molecular formula is C31H37ClN10O2. The first-order valence-corrected chi connectivity index (χ1v) is 14.8. The lowest BCUT2D eigenvalue weighted by Crippen LogP contribution is -2.50. The van der Waals surface area contributed by atoms with Gasteiger partial charge in [-0.2, -0.15) is 0 Å². The monoisotopic (exact) mass is 616 g/mol. The number of rotatable bonds is 10. The number of aromatic nitrogens is 6. The fraction of sp³-hybridized carbons (Fsp3) is 0.387. The Labute approximate surface area is 261 Å². The van der Waals surface area contributed by atoms with Gasteiger partial charge >= 0.3 is 0 Å². The number of hydrogen-bond donors (Lipinski definition) is 4. The average molecular weight is 617 g/mol. The number of benzene rings is 2. The van der Waals surface area contributed by atoms with Crippen molar-refractivity contribution < 1.29 is 9.59 Å². The Bertz CT molecular complexity index is 1540. The first-order chi connectivity index (χ1) is 21.0. The van der Waals surface area contributed by atoms with Crippen molar-refractivity contribution >= 4 is 35.9 Å². The summed E-state index contributed by atoms with van der Waals surface area (Å²) in [6, 6.07) is 14.4. The summed E-state index contributed by atoms with van der Waals surface area (Å²) >= 11 is 0. The Balaban J connectivity index is 0.00000384. The van der Waals surface area contributed by atoms with Crippen LogP contribution in [0.15, 0.2) is 60.9 Å². The fourth-order valence-electron chi connectivity index (χ4n) is 5.59. The summed E-state index contributed by atoms with van der Waals surface area (Å²) in [7, 11) is 0. The van der Waals surface area contributed by atoms with Crippen molar-refractivity contribution in [3.05, 3.63) is 66.5 Å². The molecular weight excluding hydrogens is 580 g/mol. The maximum atomic E-state index is 13.9. The molecule has 2 heterocycles. The number of H-pyrrole nitrogens is 1. The molecule has 0 aliphatic heterocycles. The number of tetrazole rings is 1. The maximum Gasteiger partial charge on any atom is 0.251 e. The van der Waals surface area contributed by atoms with Crippen molar-refractivity contribution in [2.45, 2.75) is 57.0 Å². The molecule has 230 valence electrons. The zero-order valence-corrected chi connectivity index (χ0v) is 25.1. The Kier molecular flexibility index (Phi) is 9.93. The Hall–Kier alpha value is -4.26. The number of aromatic amines is 1. The predicted octanol–water partition coefficient (Wildman–Crippen LogP) is 3.51. The van der Waals surface area contributed by atoms with Crippen LogP contribution in [0, 0.1) is 11.8 Å². The molecule has 0 bridgehead atoms. The standard InChI is InChI=1S/C31H36N10O2.ClH/c32-16-19-4-6-22(7-5-19)29(42)41(26-12-8-21(9-13-26)28-37-39-40-38-28)30(43)27(33)15-20-2-1-3-23(14-20)24-17-34-31(35-18-24)36-25-10-11-25;/h1-3,8-9,12-14,17-19,22,25,27H,4-7,10-11,15-16,32-33H2,(H,34,35,36)(H,37,38,39,40);1H/t19-,22-,27-;/m0./s1. The minimum Gasteiger partial charge on any atom is -0.351 e. The summed E-state index contributed by atoms with van der Waals surface area (Å²) in [5, 5.41) is 17.2. The second-order valence-corrected chi connectivity index (χ2v) is 11.5. The molecule has 6 rings (SSSR count). The normalized spacial score (nSPS) is 18.6. The lowest BCUT2D eigenvalue weighted by atomic mass is 9.81. The largest absolute Gasteiger partial charge is 0.351 e. The summed E-state index contributed by atoms with van der Waals surface area (Å²) in [5.74, 6) is 0.597. The first-order valence-electron chi connectivity index (χ1n) is 14.8. The Morgan fingerprint density at radius 1 is 0.955 bits per heavy atom. The number of amides is 2. The van der Waals surface area contributed by atoms with Gasteiger partial charge < -0.3 is 16.8 Å². The van der Waals surface area contributed by atoms with Crippen LogP contribution < -0.4 is 21.7 Å². The van der Waals surface area contributed by atoms with Crippen molar-refractivity contribution in [1.82, 2.24) is 30.6 Å². The third-order valence-corrected chi connectivity index (χ3v) is 8.31. The van der Waals surface area contributed by atoms with Crippen LogP contribution in [0.4, 0.5) is 11.6 Å². The third-order valence-electron chi connectivity index (χ3n) is 8.31. The highest BCUT2D eigenvalue weighted by Crippen LogP contribution is 2.32. The molecule has 2 saturated carbocycles. The molecule has 2 aromatic carbocycles. The molecule has 2 fully saturated rings. The van der Waals surface area contributed by atoms with Crippen LogP contribution in [0.25, 0.3) is 22.5 Å². The van der Waals surface area contributed by atoms with Crippen molar-refractivity contribution in [3.63, 3.8) is 0 Å². The van der Waals surface area contributed by atoms with Crippen LogP contribution in [0.2, 0.25) is 0 Å². The van der Waals surface area contributed by atoms with E-state index in [4.69, 9.17) is 11.5 Å². The third kappa shape index (κ3) is 7.26. The van der Waals surface area contributed by atoms with Crippen LogP contribution in [0.1, 0.15) is 44.1 Å². The summed E-state index contributed by atoms with van der Waals surface area (Å²) in [4.78, 5) is 38.0. The SMILES string of the molecule is Cl.NC[C@H]1CC[C@H](C(=O)N(C(=O)[C@@H](N)Cc2cccc(-c3cnc(NC4CC4)nc3)c2)c2ccc(-c3nnn[nH]3)cc2)CC1. The quantitative estimate of drug-likeness (QED) is 0.206. The van der Waals surface area contributed by atoms with E-state index in [-0.39, 0.29) is 30.7 Å². The maximum absolute atomic E-state index is 13.9. The topological polar surface area (TPSA) is 182 Å². The number of nitrogens with zero attached hydrogens (tertiary/aromatic N) is 6. The second kappa shape index (κ2) is 14.0. The molecule has 0 spiro atoms. The summed E-state index contributed by atoms with van der Waals surface area (Å²) in [5.41, 5.74) is 16.3. The average Bonchev–Trinajstić information content (AvgIpc) is 3.69. The highest BCUT2D eigenvalue weighted by molar-refractivity contribution is 6.17. The molecule has 12 nitrogen and oxygen atoms in total. The molecule has 4 aromatic rings. The highest BCUT2D eigenvalue weighted by Gasteiger charge is 2.35. The van der Waals surface area contributed by atoms with Gasteiger partial charge in [0.1, 0.15) is 0 Å². The molecule has 13 heteroatoms. The molecule has 2 amide bonds. The van der Waals surface area contributed by atoms with Crippen LogP contribution in [-0.2, 0) is 16.0 Å². The van der Waals surface area contributed by atoms with Gasteiger partial charge in [0.05, 0.1) is 11.7 Å². The van der Waals surface area contributed by atoms with Crippen molar-refractivity contribution in [2.24, 2.45) is 23.3 Å². The van der Waals surface area contributed by atoms with E-state index in [1.807, 2.05) is 24.3 Å². The smallest absolute Gasteiger partial charge is 0.251 e. The molecule has 6 N–H and O–H groups in total. The molecule has 2 aromatic heterocycles. The minimum absolute atomic E-state index is 0.